The molecule has 90 valence electrons. The van der Waals surface area contributed by atoms with Gasteiger partial charge in [0, 0.05) is 19.7 Å². The summed E-state index contributed by atoms with van der Waals surface area (Å²) in [7, 11) is 1.71. The number of hydrogen-bond acceptors (Lipinski definition) is 3. The van der Waals surface area contributed by atoms with Crippen molar-refractivity contribution in [1.82, 2.24) is 5.32 Å². The lowest BCUT2D eigenvalue weighted by Crippen LogP contribution is -2.34. The molecule has 1 saturated carbocycles. The number of rotatable bonds is 7. The predicted molar refractivity (Wildman–Crippen MR) is 62.2 cm³/mol. The molecule has 1 N–H and O–H groups in total. The second-order valence-corrected chi connectivity index (χ2v) is 4.43. The molecule has 0 aliphatic heterocycles. The van der Waals surface area contributed by atoms with E-state index in [1.54, 1.807) is 7.11 Å². The molecule has 0 bridgehead atoms. The zero-order chi connectivity index (χ0) is 10.9. The summed E-state index contributed by atoms with van der Waals surface area (Å²) >= 11 is 0. The van der Waals surface area contributed by atoms with Crippen LogP contribution in [0.25, 0.3) is 0 Å². The molecular weight excluding hydrogens is 190 g/mol. The monoisotopic (exact) mass is 215 g/mol. The van der Waals surface area contributed by atoms with Crippen LogP contribution in [-0.4, -0.2) is 39.0 Å². The van der Waals surface area contributed by atoms with Crippen LogP contribution in [0.3, 0.4) is 0 Å². The predicted octanol–water partition coefficient (Wildman–Crippen LogP) is 1.96. The van der Waals surface area contributed by atoms with E-state index in [0.717, 1.165) is 19.2 Å². The van der Waals surface area contributed by atoms with Gasteiger partial charge < -0.3 is 14.8 Å². The Morgan fingerprint density at radius 2 is 2.00 bits per heavy atom. The molecule has 1 unspecified atom stereocenters. The van der Waals surface area contributed by atoms with Crippen molar-refractivity contribution in [3.8, 4) is 0 Å². The molecule has 3 nitrogen and oxygen atoms in total. The molecular formula is C12H25NO2. The highest BCUT2D eigenvalue weighted by atomic mass is 16.5. The topological polar surface area (TPSA) is 30.5 Å². The first kappa shape index (κ1) is 12.9. The molecule has 1 aliphatic carbocycles. The van der Waals surface area contributed by atoms with Crippen LogP contribution >= 0.6 is 0 Å². The van der Waals surface area contributed by atoms with Crippen molar-refractivity contribution in [1.29, 1.82) is 0 Å². The summed E-state index contributed by atoms with van der Waals surface area (Å²) in [5.41, 5.74) is 0. The van der Waals surface area contributed by atoms with E-state index in [4.69, 9.17) is 9.47 Å². The van der Waals surface area contributed by atoms with Crippen LogP contribution in [0.2, 0.25) is 0 Å². The van der Waals surface area contributed by atoms with Crippen LogP contribution in [0.1, 0.15) is 39.0 Å². The summed E-state index contributed by atoms with van der Waals surface area (Å²) in [5.74, 6) is 0. The van der Waals surface area contributed by atoms with Gasteiger partial charge in [0.05, 0.1) is 19.3 Å². The number of hydrogen-bond donors (Lipinski definition) is 1. The standard InChI is InChI=1S/C12H25NO2/c1-11(10-14-2)15-9-8-13-12-6-4-3-5-7-12/h11-13H,3-10H2,1-2H3. The molecule has 1 rings (SSSR count). The summed E-state index contributed by atoms with van der Waals surface area (Å²) < 4.78 is 10.6. The van der Waals surface area contributed by atoms with Gasteiger partial charge in [-0.25, -0.2) is 0 Å². The van der Waals surface area contributed by atoms with Gasteiger partial charge in [-0.15, -0.1) is 0 Å². The van der Waals surface area contributed by atoms with Crippen molar-refractivity contribution < 1.29 is 9.47 Å². The summed E-state index contributed by atoms with van der Waals surface area (Å²) in [5, 5.41) is 3.55. The Morgan fingerprint density at radius 3 is 2.67 bits per heavy atom. The Hall–Kier alpha value is -0.120. The maximum atomic E-state index is 5.59. The summed E-state index contributed by atoms with van der Waals surface area (Å²) in [6.45, 7) is 4.49. The third-order valence-corrected chi connectivity index (χ3v) is 2.94. The smallest absolute Gasteiger partial charge is 0.0780 e. The first-order valence-corrected chi connectivity index (χ1v) is 6.17. The van der Waals surface area contributed by atoms with E-state index in [9.17, 15) is 0 Å². The molecule has 1 aliphatic rings. The Bertz CT molecular complexity index is 147. The van der Waals surface area contributed by atoms with E-state index in [-0.39, 0.29) is 6.10 Å². The Kier molecular flexibility index (Phi) is 6.98. The van der Waals surface area contributed by atoms with Crippen molar-refractivity contribution >= 4 is 0 Å². The van der Waals surface area contributed by atoms with Gasteiger partial charge in [0.15, 0.2) is 0 Å². The highest BCUT2D eigenvalue weighted by Gasteiger charge is 2.11. The summed E-state index contributed by atoms with van der Waals surface area (Å²) in [6.07, 6.45) is 7.08. The number of ether oxygens (including phenoxy) is 2. The second kappa shape index (κ2) is 8.08. The van der Waals surface area contributed by atoms with E-state index in [1.807, 2.05) is 6.92 Å². The highest BCUT2D eigenvalue weighted by molar-refractivity contribution is 4.71. The quantitative estimate of drug-likeness (QED) is 0.659. The Morgan fingerprint density at radius 1 is 1.27 bits per heavy atom. The van der Waals surface area contributed by atoms with Gasteiger partial charge in [-0.2, -0.15) is 0 Å². The lowest BCUT2D eigenvalue weighted by atomic mass is 9.96. The average molecular weight is 215 g/mol. The Balaban J connectivity index is 1.91. The number of nitrogens with one attached hydrogen (secondary N) is 1. The van der Waals surface area contributed by atoms with Gasteiger partial charge in [-0.3, -0.25) is 0 Å². The molecule has 0 radical (unpaired) electrons. The van der Waals surface area contributed by atoms with Gasteiger partial charge >= 0.3 is 0 Å². The molecule has 0 saturated heterocycles. The minimum atomic E-state index is 0.211. The first-order valence-electron chi connectivity index (χ1n) is 6.17. The number of methoxy groups -OCH3 is 1. The molecule has 0 spiro atoms. The van der Waals surface area contributed by atoms with Crippen molar-refractivity contribution in [2.45, 2.75) is 51.2 Å². The first-order chi connectivity index (χ1) is 7.33. The second-order valence-electron chi connectivity index (χ2n) is 4.43. The van der Waals surface area contributed by atoms with Gasteiger partial charge in [-0.05, 0) is 19.8 Å². The molecule has 15 heavy (non-hydrogen) atoms. The van der Waals surface area contributed by atoms with E-state index in [0.29, 0.717) is 6.61 Å². The minimum Gasteiger partial charge on any atom is -0.382 e. The molecule has 0 amide bonds. The van der Waals surface area contributed by atoms with Crippen LogP contribution in [0.5, 0.6) is 0 Å². The van der Waals surface area contributed by atoms with Gasteiger partial charge in [0.2, 0.25) is 0 Å². The van der Waals surface area contributed by atoms with Crippen molar-refractivity contribution in [2.75, 3.05) is 26.9 Å². The van der Waals surface area contributed by atoms with Crippen LogP contribution in [-0.2, 0) is 9.47 Å². The fraction of sp³-hybridized carbons (Fsp3) is 1.00. The van der Waals surface area contributed by atoms with E-state index >= 15 is 0 Å². The SMILES string of the molecule is COCC(C)OCCNC1CCCCC1. The fourth-order valence-electron chi connectivity index (χ4n) is 2.11. The normalized spacial score (nSPS) is 20.4. The molecule has 0 aromatic carbocycles. The largest absolute Gasteiger partial charge is 0.382 e. The van der Waals surface area contributed by atoms with E-state index in [1.165, 1.54) is 32.1 Å². The van der Waals surface area contributed by atoms with Crippen molar-refractivity contribution in [3.05, 3.63) is 0 Å². The average Bonchev–Trinajstić information content (AvgIpc) is 2.26. The molecule has 1 fully saturated rings. The van der Waals surface area contributed by atoms with Crippen molar-refractivity contribution in [2.24, 2.45) is 0 Å². The zero-order valence-electron chi connectivity index (χ0n) is 10.1. The third kappa shape index (κ3) is 6.13. The van der Waals surface area contributed by atoms with Gasteiger partial charge in [0.1, 0.15) is 0 Å². The molecule has 1 atom stereocenters. The van der Waals surface area contributed by atoms with Crippen LogP contribution in [0, 0.1) is 0 Å². The minimum absolute atomic E-state index is 0.211. The molecule has 0 heterocycles. The summed E-state index contributed by atoms with van der Waals surface area (Å²) in [4.78, 5) is 0. The molecule has 0 aromatic heterocycles. The zero-order valence-corrected chi connectivity index (χ0v) is 10.1. The van der Waals surface area contributed by atoms with Crippen LogP contribution < -0.4 is 5.32 Å². The lowest BCUT2D eigenvalue weighted by Gasteiger charge is -2.23. The van der Waals surface area contributed by atoms with Crippen LogP contribution in [0.4, 0.5) is 0 Å². The molecule has 3 heteroatoms. The fourth-order valence-corrected chi connectivity index (χ4v) is 2.11. The summed E-state index contributed by atoms with van der Waals surface area (Å²) in [6, 6.07) is 0.736. The molecule has 0 aromatic rings. The van der Waals surface area contributed by atoms with E-state index < -0.39 is 0 Å². The van der Waals surface area contributed by atoms with E-state index in [2.05, 4.69) is 5.32 Å². The maximum absolute atomic E-state index is 5.59. The van der Waals surface area contributed by atoms with Gasteiger partial charge in [0.25, 0.3) is 0 Å². The van der Waals surface area contributed by atoms with Gasteiger partial charge in [-0.1, -0.05) is 19.3 Å². The van der Waals surface area contributed by atoms with Crippen LogP contribution in [0.15, 0.2) is 0 Å². The maximum Gasteiger partial charge on any atom is 0.0780 e. The lowest BCUT2D eigenvalue weighted by molar-refractivity contribution is 0.00978. The highest BCUT2D eigenvalue weighted by Crippen LogP contribution is 2.16. The third-order valence-electron chi connectivity index (χ3n) is 2.94. The van der Waals surface area contributed by atoms with Crippen molar-refractivity contribution in [3.63, 3.8) is 0 Å². The Labute approximate surface area is 93.5 Å².